The Balaban J connectivity index is 1.54. The van der Waals surface area contributed by atoms with Gasteiger partial charge in [-0.2, -0.15) is 0 Å². The third-order valence-corrected chi connectivity index (χ3v) is 4.78. The molecule has 0 atom stereocenters. The molecule has 0 unspecified atom stereocenters. The number of benzene rings is 1. The third-order valence-electron chi connectivity index (χ3n) is 4.78. The summed E-state index contributed by atoms with van der Waals surface area (Å²) in [7, 11) is 1.64. The van der Waals surface area contributed by atoms with Gasteiger partial charge in [-0.05, 0) is 55.2 Å². The Morgan fingerprint density at radius 3 is 2.52 bits per heavy atom. The lowest BCUT2D eigenvalue weighted by Gasteiger charge is -2.32. The van der Waals surface area contributed by atoms with Crippen LogP contribution in [0.1, 0.15) is 30.3 Å². The van der Waals surface area contributed by atoms with Crippen LogP contribution < -0.4 is 15.5 Å². The molecule has 7 nitrogen and oxygen atoms in total. The fourth-order valence-corrected chi connectivity index (χ4v) is 3.05. The van der Waals surface area contributed by atoms with Gasteiger partial charge in [0.25, 0.3) is 5.91 Å². The maximum atomic E-state index is 12.3. The van der Waals surface area contributed by atoms with Crippen LogP contribution in [-0.4, -0.2) is 49.5 Å². The molecule has 1 aliphatic heterocycles. The lowest BCUT2D eigenvalue weighted by molar-refractivity contribution is 0.102. The first-order valence-electron chi connectivity index (χ1n) is 9.38. The number of aromatic nitrogens is 2. The number of ether oxygens (including phenoxy) is 1. The topological polar surface area (TPSA) is 79.4 Å². The SMILES string of the molecule is COCCNc1ccc(C(=O)Nc2ccc(N3CCC(C)CC3)cc2)nn1. The summed E-state index contributed by atoms with van der Waals surface area (Å²) in [6.45, 7) is 5.71. The average Bonchev–Trinajstić information content (AvgIpc) is 2.70. The number of nitrogens with one attached hydrogen (secondary N) is 2. The highest BCUT2D eigenvalue weighted by Crippen LogP contribution is 2.24. The molecule has 0 spiro atoms. The smallest absolute Gasteiger partial charge is 0.276 e. The Morgan fingerprint density at radius 2 is 1.89 bits per heavy atom. The van der Waals surface area contributed by atoms with Crippen molar-refractivity contribution in [2.24, 2.45) is 5.92 Å². The minimum Gasteiger partial charge on any atom is -0.383 e. The summed E-state index contributed by atoms with van der Waals surface area (Å²) >= 11 is 0. The number of nitrogens with zero attached hydrogens (tertiary/aromatic N) is 3. The zero-order valence-corrected chi connectivity index (χ0v) is 15.9. The molecule has 27 heavy (non-hydrogen) atoms. The second kappa shape index (κ2) is 9.32. The summed E-state index contributed by atoms with van der Waals surface area (Å²) in [6.07, 6.45) is 2.46. The van der Waals surface area contributed by atoms with Gasteiger partial charge in [0.2, 0.25) is 0 Å². The zero-order chi connectivity index (χ0) is 19.1. The van der Waals surface area contributed by atoms with Crippen molar-refractivity contribution in [2.75, 3.05) is 48.9 Å². The predicted molar refractivity (Wildman–Crippen MR) is 107 cm³/mol. The van der Waals surface area contributed by atoms with Crippen molar-refractivity contribution in [3.05, 3.63) is 42.1 Å². The Labute approximate surface area is 160 Å². The first kappa shape index (κ1) is 19.1. The van der Waals surface area contributed by atoms with Crippen LogP contribution >= 0.6 is 0 Å². The number of carbonyl (C=O) groups is 1. The maximum absolute atomic E-state index is 12.3. The third kappa shape index (κ3) is 5.40. The predicted octanol–water partition coefficient (Wildman–Crippen LogP) is 3.02. The monoisotopic (exact) mass is 369 g/mol. The summed E-state index contributed by atoms with van der Waals surface area (Å²) in [5.74, 6) is 1.15. The van der Waals surface area contributed by atoms with Crippen LogP contribution in [0.2, 0.25) is 0 Å². The molecule has 3 rings (SSSR count). The fraction of sp³-hybridized carbons (Fsp3) is 0.450. The van der Waals surface area contributed by atoms with Crippen molar-refractivity contribution in [1.29, 1.82) is 0 Å². The van der Waals surface area contributed by atoms with E-state index in [1.807, 2.05) is 12.1 Å². The highest BCUT2D eigenvalue weighted by Gasteiger charge is 2.16. The van der Waals surface area contributed by atoms with E-state index in [1.165, 1.54) is 18.5 Å². The molecule has 1 aliphatic rings. The molecule has 2 aromatic rings. The first-order valence-corrected chi connectivity index (χ1v) is 9.38. The largest absolute Gasteiger partial charge is 0.383 e. The molecule has 1 amide bonds. The molecule has 2 N–H and O–H groups in total. The molecule has 1 aromatic heterocycles. The average molecular weight is 369 g/mol. The molecule has 0 saturated carbocycles. The van der Waals surface area contributed by atoms with E-state index in [-0.39, 0.29) is 11.6 Å². The van der Waals surface area contributed by atoms with E-state index in [1.54, 1.807) is 19.2 Å². The van der Waals surface area contributed by atoms with Gasteiger partial charge in [0.05, 0.1) is 6.61 Å². The van der Waals surface area contributed by atoms with Gasteiger partial charge < -0.3 is 20.3 Å². The molecular weight excluding hydrogens is 342 g/mol. The number of piperidine rings is 1. The van der Waals surface area contributed by atoms with Gasteiger partial charge in [-0.25, -0.2) is 0 Å². The summed E-state index contributed by atoms with van der Waals surface area (Å²) in [6, 6.07) is 11.4. The number of hydrogen-bond donors (Lipinski definition) is 2. The number of amides is 1. The van der Waals surface area contributed by atoms with Crippen LogP contribution in [0.3, 0.4) is 0 Å². The molecule has 1 saturated heterocycles. The summed E-state index contributed by atoms with van der Waals surface area (Å²) in [5, 5.41) is 13.9. The minimum absolute atomic E-state index is 0.273. The zero-order valence-electron chi connectivity index (χ0n) is 15.9. The number of carbonyl (C=O) groups excluding carboxylic acids is 1. The van der Waals surface area contributed by atoms with Gasteiger partial charge in [-0.3, -0.25) is 4.79 Å². The van der Waals surface area contributed by atoms with Gasteiger partial charge in [0.15, 0.2) is 5.69 Å². The highest BCUT2D eigenvalue weighted by atomic mass is 16.5. The van der Waals surface area contributed by atoms with Crippen molar-refractivity contribution in [2.45, 2.75) is 19.8 Å². The minimum atomic E-state index is -0.273. The van der Waals surface area contributed by atoms with Crippen LogP contribution in [0.4, 0.5) is 17.2 Å². The Hall–Kier alpha value is -2.67. The number of hydrogen-bond acceptors (Lipinski definition) is 6. The van der Waals surface area contributed by atoms with Crippen molar-refractivity contribution < 1.29 is 9.53 Å². The van der Waals surface area contributed by atoms with E-state index in [4.69, 9.17) is 4.74 Å². The highest BCUT2D eigenvalue weighted by molar-refractivity contribution is 6.02. The molecule has 1 aromatic carbocycles. The van der Waals surface area contributed by atoms with Gasteiger partial charge >= 0.3 is 0 Å². The van der Waals surface area contributed by atoms with Crippen LogP contribution in [0.25, 0.3) is 0 Å². The van der Waals surface area contributed by atoms with E-state index in [9.17, 15) is 4.79 Å². The van der Waals surface area contributed by atoms with Gasteiger partial charge in [-0.1, -0.05) is 6.92 Å². The van der Waals surface area contributed by atoms with E-state index in [0.29, 0.717) is 19.0 Å². The standard InChI is InChI=1S/C20H27N5O2/c1-15-9-12-25(13-10-15)17-5-3-16(4-6-17)22-20(26)18-7-8-19(24-23-18)21-11-14-27-2/h3-8,15H,9-14H2,1-2H3,(H,21,24)(H,22,26). The van der Waals surface area contributed by atoms with Crippen LogP contribution in [0, 0.1) is 5.92 Å². The van der Waals surface area contributed by atoms with E-state index >= 15 is 0 Å². The van der Waals surface area contributed by atoms with Crippen molar-refractivity contribution >= 4 is 23.1 Å². The van der Waals surface area contributed by atoms with E-state index in [0.717, 1.165) is 24.7 Å². The molecule has 1 fully saturated rings. The lowest BCUT2D eigenvalue weighted by atomic mass is 9.99. The molecule has 0 bridgehead atoms. The Morgan fingerprint density at radius 1 is 1.15 bits per heavy atom. The molecule has 0 aliphatic carbocycles. The maximum Gasteiger partial charge on any atom is 0.276 e. The van der Waals surface area contributed by atoms with Crippen molar-refractivity contribution in [1.82, 2.24) is 10.2 Å². The lowest BCUT2D eigenvalue weighted by Crippen LogP contribution is -2.32. The van der Waals surface area contributed by atoms with E-state index < -0.39 is 0 Å². The summed E-state index contributed by atoms with van der Waals surface area (Å²) < 4.78 is 4.97. The van der Waals surface area contributed by atoms with Crippen molar-refractivity contribution in [3.63, 3.8) is 0 Å². The van der Waals surface area contributed by atoms with Crippen LogP contribution in [0.15, 0.2) is 36.4 Å². The second-order valence-electron chi connectivity index (χ2n) is 6.89. The Kier molecular flexibility index (Phi) is 6.59. The Bertz CT molecular complexity index is 725. The molecule has 0 radical (unpaired) electrons. The normalized spacial score (nSPS) is 14.8. The molecular formula is C20H27N5O2. The van der Waals surface area contributed by atoms with Crippen LogP contribution in [-0.2, 0) is 4.74 Å². The molecule has 2 heterocycles. The second-order valence-corrected chi connectivity index (χ2v) is 6.89. The quantitative estimate of drug-likeness (QED) is 0.731. The first-order chi connectivity index (χ1) is 13.2. The molecule has 144 valence electrons. The number of methoxy groups -OCH3 is 1. The van der Waals surface area contributed by atoms with Gasteiger partial charge in [-0.15, -0.1) is 10.2 Å². The molecule has 7 heteroatoms. The van der Waals surface area contributed by atoms with Gasteiger partial charge in [0, 0.05) is 38.1 Å². The van der Waals surface area contributed by atoms with E-state index in [2.05, 4.69) is 44.8 Å². The number of rotatable bonds is 7. The summed E-state index contributed by atoms with van der Waals surface area (Å²) in [4.78, 5) is 14.7. The van der Waals surface area contributed by atoms with Gasteiger partial charge in [0.1, 0.15) is 5.82 Å². The fourth-order valence-electron chi connectivity index (χ4n) is 3.05. The summed E-state index contributed by atoms with van der Waals surface area (Å²) in [5.41, 5.74) is 2.23. The number of anilines is 3. The van der Waals surface area contributed by atoms with Crippen molar-refractivity contribution in [3.8, 4) is 0 Å². The van der Waals surface area contributed by atoms with Crippen LogP contribution in [0.5, 0.6) is 0 Å².